The smallest absolute Gasteiger partial charge is 0.417 e. The van der Waals surface area contributed by atoms with Crippen molar-refractivity contribution in [1.29, 1.82) is 0 Å². The Morgan fingerprint density at radius 2 is 1.62 bits per heavy atom. The van der Waals surface area contributed by atoms with Gasteiger partial charge >= 0.3 is 12.1 Å². The first kappa shape index (κ1) is 18.2. The summed E-state index contributed by atoms with van der Waals surface area (Å²) in [4.78, 5) is 11.6. The van der Waals surface area contributed by atoms with Crippen LogP contribution in [0, 0.1) is 5.92 Å². The summed E-state index contributed by atoms with van der Waals surface area (Å²) in [5.41, 5.74) is -4.83. The Bertz CT molecular complexity index is 369. The van der Waals surface area contributed by atoms with Gasteiger partial charge < -0.3 is 9.84 Å². The summed E-state index contributed by atoms with van der Waals surface area (Å²) in [7, 11) is 0. The average molecular weight is 314 g/mol. The molecule has 1 aliphatic carbocycles. The zero-order chi connectivity index (χ0) is 16.5. The third-order valence-corrected chi connectivity index (χ3v) is 4.41. The second-order valence-corrected chi connectivity index (χ2v) is 6.08. The van der Waals surface area contributed by atoms with Crippen molar-refractivity contribution < 1.29 is 32.2 Å². The lowest BCUT2D eigenvalue weighted by Crippen LogP contribution is -2.50. The monoisotopic (exact) mass is 314 g/mol. The first-order valence-electron chi connectivity index (χ1n) is 7.11. The Hall–Kier alpha value is -0.850. The fraction of sp³-hybridized carbons (Fsp3) is 0.929. The number of alkyl halides is 4. The van der Waals surface area contributed by atoms with E-state index >= 15 is 0 Å². The third-order valence-electron chi connectivity index (χ3n) is 4.41. The summed E-state index contributed by atoms with van der Waals surface area (Å²) in [6.07, 6.45) is -4.74. The number of hydrogen-bond donors (Lipinski definition) is 1. The molecule has 3 nitrogen and oxygen atoms in total. The molecule has 0 saturated heterocycles. The lowest BCUT2D eigenvalue weighted by molar-refractivity contribution is -0.276. The van der Waals surface area contributed by atoms with Crippen LogP contribution >= 0.6 is 0 Å². The van der Waals surface area contributed by atoms with Crippen molar-refractivity contribution in [3.05, 3.63) is 0 Å². The normalized spacial score (nSPS) is 29.3. The number of carbonyl (C=O) groups excluding carboxylic acids is 1. The van der Waals surface area contributed by atoms with Gasteiger partial charge in [0.25, 0.3) is 0 Å². The zero-order valence-electron chi connectivity index (χ0n) is 12.5. The third kappa shape index (κ3) is 4.08. The maximum absolute atomic E-state index is 13.7. The molecule has 1 fully saturated rings. The van der Waals surface area contributed by atoms with Crippen LogP contribution in [0.25, 0.3) is 0 Å². The summed E-state index contributed by atoms with van der Waals surface area (Å²) in [5.74, 6) is -1.91. The van der Waals surface area contributed by atoms with Gasteiger partial charge in [-0.25, -0.2) is 9.18 Å². The number of hydrogen-bond acceptors (Lipinski definition) is 3. The van der Waals surface area contributed by atoms with Crippen LogP contribution in [0.1, 0.15) is 52.9 Å². The Labute approximate surface area is 121 Å². The van der Waals surface area contributed by atoms with Crippen molar-refractivity contribution in [2.24, 2.45) is 5.92 Å². The van der Waals surface area contributed by atoms with Crippen molar-refractivity contribution in [3.63, 3.8) is 0 Å². The standard InChI is InChI=1S/C14H22F4O3/c1-4-12(2,15)11(19)21-10-7-5-9(6-8-10)13(3,20)14(16,17)18/h9-10,20H,4-8H2,1-3H3. The molecule has 0 aromatic heterocycles. The van der Waals surface area contributed by atoms with Gasteiger partial charge in [0.2, 0.25) is 5.67 Å². The molecule has 0 radical (unpaired) electrons. The van der Waals surface area contributed by atoms with E-state index in [1.54, 1.807) is 0 Å². The van der Waals surface area contributed by atoms with Gasteiger partial charge in [-0.15, -0.1) is 0 Å². The van der Waals surface area contributed by atoms with Crippen molar-refractivity contribution >= 4 is 5.97 Å². The van der Waals surface area contributed by atoms with Crippen LogP contribution in [0.3, 0.4) is 0 Å². The molecule has 0 heterocycles. The molecule has 0 spiro atoms. The van der Waals surface area contributed by atoms with Gasteiger partial charge in [-0.1, -0.05) is 6.92 Å². The topological polar surface area (TPSA) is 46.5 Å². The van der Waals surface area contributed by atoms with E-state index < -0.39 is 35.4 Å². The van der Waals surface area contributed by atoms with E-state index in [0.29, 0.717) is 0 Å². The summed E-state index contributed by atoms with van der Waals surface area (Å²) < 4.78 is 57.0. The highest BCUT2D eigenvalue weighted by Gasteiger charge is 2.55. The quantitative estimate of drug-likeness (QED) is 0.638. The summed E-state index contributed by atoms with van der Waals surface area (Å²) in [6, 6.07) is 0. The molecule has 21 heavy (non-hydrogen) atoms. The van der Waals surface area contributed by atoms with Crippen LogP contribution < -0.4 is 0 Å². The van der Waals surface area contributed by atoms with Crippen molar-refractivity contribution in [2.45, 2.75) is 76.4 Å². The van der Waals surface area contributed by atoms with E-state index in [-0.39, 0.29) is 32.1 Å². The molecule has 124 valence electrons. The minimum Gasteiger partial charge on any atom is -0.460 e. The summed E-state index contributed by atoms with van der Waals surface area (Å²) in [5, 5.41) is 9.62. The fourth-order valence-corrected chi connectivity index (χ4v) is 2.39. The van der Waals surface area contributed by atoms with Crippen LogP contribution in [0.2, 0.25) is 0 Å². The van der Waals surface area contributed by atoms with Crippen LogP contribution in [0.5, 0.6) is 0 Å². The van der Waals surface area contributed by atoms with E-state index in [1.807, 2.05) is 0 Å². The van der Waals surface area contributed by atoms with Gasteiger partial charge in [-0.2, -0.15) is 13.2 Å². The first-order valence-corrected chi connectivity index (χ1v) is 7.11. The lowest BCUT2D eigenvalue weighted by Gasteiger charge is -2.39. The molecule has 0 aliphatic heterocycles. The second kappa shape index (κ2) is 6.10. The molecule has 2 unspecified atom stereocenters. The maximum atomic E-state index is 13.7. The highest BCUT2D eigenvalue weighted by molar-refractivity contribution is 5.78. The van der Waals surface area contributed by atoms with Crippen molar-refractivity contribution in [1.82, 2.24) is 0 Å². The predicted molar refractivity (Wildman–Crippen MR) is 68.3 cm³/mol. The van der Waals surface area contributed by atoms with E-state index in [1.165, 1.54) is 6.92 Å². The van der Waals surface area contributed by atoms with Crippen molar-refractivity contribution in [2.75, 3.05) is 0 Å². The number of rotatable bonds is 4. The van der Waals surface area contributed by atoms with Gasteiger partial charge in [0.15, 0.2) is 5.60 Å². The molecule has 1 aliphatic rings. The number of halogens is 4. The number of esters is 1. The molecule has 1 N–H and O–H groups in total. The number of aliphatic hydroxyl groups is 1. The van der Waals surface area contributed by atoms with E-state index in [0.717, 1.165) is 13.8 Å². The maximum Gasteiger partial charge on any atom is 0.417 e. The molecule has 1 rings (SSSR count). The predicted octanol–water partition coefficient (Wildman–Crippen LogP) is 3.54. The average Bonchev–Trinajstić information content (AvgIpc) is 2.38. The van der Waals surface area contributed by atoms with E-state index in [2.05, 4.69) is 0 Å². The van der Waals surface area contributed by atoms with Gasteiger partial charge in [0.1, 0.15) is 6.10 Å². The Morgan fingerprint density at radius 3 is 2.00 bits per heavy atom. The molecule has 0 bridgehead atoms. The van der Waals surface area contributed by atoms with Gasteiger partial charge in [0, 0.05) is 0 Å². The minimum atomic E-state index is -4.69. The molecular formula is C14H22F4O3. The Kier molecular flexibility index (Phi) is 5.29. The lowest BCUT2D eigenvalue weighted by atomic mass is 9.76. The highest BCUT2D eigenvalue weighted by Crippen LogP contribution is 2.43. The number of carbonyl (C=O) groups is 1. The van der Waals surface area contributed by atoms with E-state index in [4.69, 9.17) is 4.74 Å². The Morgan fingerprint density at radius 1 is 1.14 bits per heavy atom. The molecule has 0 amide bonds. The molecule has 0 aromatic carbocycles. The zero-order valence-corrected chi connectivity index (χ0v) is 12.5. The minimum absolute atomic E-state index is 0.0238. The number of ether oxygens (including phenoxy) is 1. The van der Waals surface area contributed by atoms with Crippen LogP contribution in [0.4, 0.5) is 17.6 Å². The summed E-state index contributed by atoms with van der Waals surface area (Å²) >= 11 is 0. The van der Waals surface area contributed by atoms with Gasteiger partial charge in [-0.3, -0.25) is 0 Å². The summed E-state index contributed by atoms with van der Waals surface area (Å²) in [6.45, 7) is 3.40. The SMILES string of the molecule is CCC(C)(F)C(=O)OC1CCC(C(C)(O)C(F)(F)F)CC1. The molecule has 7 heteroatoms. The van der Waals surface area contributed by atoms with E-state index in [9.17, 15) is 27.5 Å². The molecule has 2 atom stereocenters. The van der Waals surface area contributed by atoms with Gasteiger partial charge in [0.05, 0.1) is 0 Å². The second-order valence-electron chi connectivity index (χ2n) is 6.08. The van der Waals surface area contributed by atoms with Crippen LogP contribution in [-0.4, -0.2) is 34.6 Å². The van der Waals surface area contributed by atoms with Crippen molar-refractivity contribution in [3.8, 4) is 0 Å². The van der Waals surface area contributed by atoms with Crippen LogP contribution in [-0.2, 0) is 9.53 Å². The largest absolute Gasteiger partial charge is 0.460 e. The van der Waals surface area contributed by atoms with Crippen LogP contribution in [0.15, 0.2) is 0 Å². The first-order chi connectivity index (χ1) is 9.41. The Balaban J connectivity index is 2.56. The molecular weight excluding hydrogens is 292 g/mol. The van der Waals surface area contributed by atoms with Gasteiger partial charge in [-0.05, 0) is 51.9 Å². The molecule has 0 aromatic rings. The fourth-order valence-electron chi connectivity index (χ4n) is 2.39. The molecule has 1 saturated carbocycles. The highest BCUT2D eigenvalue weighted by atomic mass is 19.4.